The largest absolute Gasteiger partial charge is 0.373 e. The Balaban J connectivity index is 1.63. The molecule has 2 N–H and O–H groups in total. The normalized spacial score (nSPS) is 20.1. The SMILES string of the molecule is Cc1ccc(F)c([C@H](CC(=O)NC[C@@]2(C)CCCO2)c2c[nH]c3ccccc23)c1. The molecule has 1 aromatic heterocycles. The van der Waals surface area contributed by atoms with Crippen molar-refractivity contribution in [2.24, 2.45) is 0 Å². The lowest BCUT2D eigenvalue weighted by Gasteiger charge is -2.24. The molecule has 0 aliphatic carbocycles. The van der Waals surface area contributed by atoms with Gasteiger partial charge in [-0.2, -0.15) is 0 Å². The number of aromatic nitrogens is 1. The zero-order valence-electron chi connectivity index (χ0n) is 16.9. The fourth-order valence-electron chi connectivity index (χ4n) is 4.22. The van der Waals surface area contributed by atoms with Crippen LogP contribution in [0.4, 0.5) is 4.39 Å². The third kappa shape index (κ3) is 4.20. The molecule has 1 fully saturated rings. The van der Waals surface area contributed by atoms with Crippen molar-refractivity contribution in [1.29, 1.82) is 0 Å². The van der Waals surface area contributed by atoms with Crippen LogP contribution in [0.25, 0.3) is 10.9 Å². The summed E-state index contributed by atoms with van der Waals surface area (Å²) >= 11 is 0. The smallest absolute Gasteiger partial charge is 0.221 e. The average Bonchev–Trinajstić information content (AvgIpc) is 3.34. The van der Waals surface area contributed by atoms with Gasteiger partial charge < -0.3 is 15.0 Å². The second kappa shape index (κ2) is 7.99. The first kappa shape index (κ1) is 19.6. The standard InChI is InChI=1S/C24H27FN2O2/c1-16-8-9-21(25)19(12-16)18(20-14-26-22-7-4-3-6-17(20)22)13-23(28)27-15-24(2)10-5-11-29-24/h3-4,6-9,12,14,18,26H,5,10-11,13,15H2,1-2H3,(H,27,28)/t18-,24+/m0/s1. The summed E-state index contributed by atoms with van der Waals surface area (Å²) in [6.07, 6.45) is 4.02. The van der Waals surface area contributed by atoms with Crippen LogP contribution in [-0.4, -0.2) is 29.6 Å². The van der Waals surface area contributed by atoms with Crippen LogP contribution in [0.5, 0.6) is 0 Å². The Morgan fingerprint density at radius 3 is 2.90 bits per heavy atom. The van der Waals surface area contributed by atoms with E-state index in [1.807, 2.05) is 50.4 Å². The van der Waals surface area contributed by atoms with Crippen molar-refractivity contribution < 1.29 is 13.9 Å². The lowest BCUT2D eigenvalue weighted by atomic mass is 9.86. The van der Waals surface area contributed by atoms with E-state index in [1.54, 1.807) is 6.07 Å². The molecule has 0 saturated carbocycles. The Kier molecular flexibility index (Phi) is 5.41. The van der Waals surface area contributed by atoms with Gasteiger partial charge in [-0.15, -0.1) is 0 Å². The monoisotopic (exact) mass is 394 g/mol. The molecule has 4 rings (SSSR count). The first-order valence-corrected chi connectivity index (χ1v) is 10.2. The summed E-state index contributed by atoms with van der Waals surface area (Å²) in [5.41, 5.74) is 3.13. The predicted octanol–water partition coefficient (Wildman–Crippen LogP) is 4.82. The van der Waals surface area contributed by atoms with Crippen LogP contribution < -0.4 is 5.32 Å². The van der Waals surface area contributed by atoms with Gasteiger partial charge in [-0.3, -0.25) is 4.79 Å². The molecule has 1 aliphatic heterocycles. The summed E-state index contributed by atoms with van der Waals surface area (Å²) in [4.78, 5) is 16.1. The predicted molar refractivity (Wildman–Crippen MR) is 112 cm³/mol. The molecule has 4 nitrogen and oxygen atoms in total. The zero-order chi connectivity index (χ0) is 20.4. The van der Waals surface area contributed by atoms with Crippen molar-refractivity contribution in [3.63, 3.8) is 0 Å². The second-order valence-corrected chi connectivity index (χ2v) is 8.25. The number of ether oxygens (including phenoxy) is 1. The zero-order valence-corrected chi connectivity index (χ0v) is 16.9. The van der Waals surface area contributed by atoms with Crippen molar-refractivity contribution in [2.75, 3.05) is 13.2 Å². The molecular formula is C24H27FN2O2. The minimum atomic E-state index is -0.372. The van der Waals surface area contributed by atoms with Gasteiger partial charge in [-0.1, -0.05) is 35.9 Å². The summed E-state index contributed by atoms with van der Waals surface area (Å²) in [5, 5.41) is 4.02. The number of aryl methyl sites for hydroxylation is 1. The Morgan fingerprint density at radius 1 is 1.28 bits per heavy atom. The number of fused-ring (bicyclic) bond motifs is 1. The first-order valence-electron chi connectivity index (χ1n) is 10.2. The van der Waals surface area contributed by atoms with E-state index in [-0.39, 0.29) is 29.7 Å². The highest BCUT2D eigenvalue weighted by Crippen LogP contribution is 2.35. The van der Waals surface area contributed by atoms with E-state index in [2.05, 4.69) is 10.3 Å². The van der Waals surface area contributed by atoms with Crippen LogP contribution >= 0.6 is 0 Å². The molecule has 1 amide bonds. The minimum Gasteiger partial charge on any atom is -0.373 e. The van der Waals surface area contributed by atoms with E-state index in [0.717, 1.165) is 41.5 Å². The van der Waals surface area contributed by atoms with E-state index < -0.39 is 0 Å². The number of rotatable bonds is 6. The first-order chi connectivity index (χ1) is 14.0. The average molecular weight is 394 g/mol. The molecule has 0 bridgehead atoms. The highest BCUT2D eigenvalue weighted by atomic mass is 19.1. The highest BCUT2D eigenvalue weighted by molar-refractivity contribution is 5.86. The Morgan fingerprint density at radius 2 is 2.10 bits per heavy atom. The molecule has 1 aliphatic rings. The maximum atomic E-state index is 14.8. The molecule has 5 heteroatoms. The van der Waals surface area contributed by atoms with Gasteiger partial charge in [-0.05, 0) is 49.9 Å². The number of benzene rings is 2. The molecule has 0 radical (unpaired) electrons. The molecule has 2 heterocycles. The molecule has 1 saturated heterocycles. The van der Waals surface area contributed by atoms with E-state index >= 15 is 0 Å². The number of hydrogen-bond acceptors (Lipinski definition) is 2. The summed E-state index contributed by atoms with van der Waals surface area (Å²) in [6, 6.07) is 13.0. The van der Waals surface area contributed by atoms with Crippen molar-refractivity contribution in [3.8, 4) is 0 Å². The molecule has 2 atom stereocenters. The summed E-state index contributed by atoms with van der Waals surface area (Å²) in [6.45, 7) is 5.17. The highest BCUT2D eigenvalue weighted by Gasteiger charge is 2.31. The van der Waals surface area contributed by atoms with Crippen LogP contribution in [0.3, 0.4) is 0 Å². The molecule has 0 unspecified atom stereocenters. The lowest BCUT2D eigenvalue weighted by molar-refractivity contribution is -0.122. The lowest BCUT2D eigenvalue weighted by Crippen LogP contribution is -2.40. The van der Waals surface area contributed by atoms with Crippen molar-refractivity contribution in [3.05, 3.63) is 71.2 Å². The number of carbonyl (C=O) groups excluding carboxylic acids is 1. The van der Waals surface area contributed by atoms with Gasteiger partial charge in [0.15, 0.2) is 0 Å². The van der Waals surface area contributed by atoms with Gasteiger partial charge in [0.05, 0.1) is 5.60 Å². The molecule has 29 heavy (non-hydrogen) atoms. The number of halogens is 1. The molecular weight excluding hydrogens is 367 g/mol. The maximum Gasteiger partial charge on any atom is 0.221 e. The Hall–Kier alpha value is -2.66. The Labute approximate surface area is 170 Å². The third-order valence-corrected chi connectivity index (χ3v) is 5.87. The third-order valence-electron chi connectivity index (χ3n) is 5.87. The molecule has 2 aromatic carbocycles. The van der Waals surface area contributed by atoms with Crippen LogP contribution in [0.2, 0.25) is 0 Å². The maximum absolute atomic E-state index is 14.8. The fourth-order valence-corrected chi connectivity index (χ4v) is 4.22. The van der Waals surface area contributed by atoms with Gasteiger partial charge in [0.1, 0.15) is 5.82 Å². The fraction of sp³-hybridized carbons (Fsp3) is 0.375. The minimum absolute atomic E-state index is 0.0992. The Bertz CT molecular complexity index is 1020. The topological polar surface area (TPSA) is 54.1 Å². The van der Waals surface area contributed by atoms with E-state index in [4.69, 9.17) is 4.74 Å². The molecule has 3 aromatic rings. The van der Waals surface area contributed by atoms with E-state index in [0.29, 0.717) is 12.1 Å². The van der Waals surface area contributed by atoms with Gasteiger partial charge in [0, 0.05) is 42.6 Å². The van der Waals surface area contributed by atoms with Crippen molar-refractivity contribution in [1.82, 2.24) is 10.3 Å². The summed E-state index contributed by atoms with van der Waals surface area (Å²) in [5.74, 6) is -0.758. The van der Waals surface area contributed by atoms with E-state index in [9.17, 15) is 9.18 Å². The van der Waals surface area contributed by atoms with Gasteiger partial charge >= 0.3 is 0 Å². The van der Waals surface area contributed by atoms with Crippen molar-refractivity contribution in [2.45, 2.75) is 44.6 Å². The van der Waals surface area contributed by atoms with Crippen LogP contribution in [0.1, 0.15) is 48.8 Å². The number of nitrogens with one attached hydrogen (secondary N) is 2. The summed E-state index contributed by atoms with van der Waals surface area (Å²) in [7, 11) is 0. The number of H-pyrrole nitrogens is 1. The van der Waals surface area contributed by atoms with Crippen LogP contribution in [0, 0.1) is 12.7 Å². The van der Waals surface area contributed by atoms with Gasteiger partial charge in [0.25, 0.3) is 0 Å². The van der Waals surface area contributed by atoms with Gasteiger partial charge in [0.2, 0.25) is 5.91 Å². The number of aromatic amines is 1. The summed E-state index contributed by atoms with van der Waals surface area (Å²) < 4.78 is 20.6. The second-order valence-electron chi connectivity index (χ2n) is 8.25. The number of para-hydroxylation sites is 1. The van der Waals surface area contributed by atoms with Gasteiger partial charge in [-0.25, -0.2) is 4.39 Å². The van der Waals surface area contributed by atoms with Crippen LogP contribution in [0.15, 0.2) is 48.7 Å². The molecule has 0 spiro atoms. The quantitative estimate of drug-likeness (QED) is 0.630. The van der Waals surface area contributed by atoms with Crippen LogP contribution in [-0.2, 0) is 9.53 Å². The number of hydrogen-bond donors (Lipinski definition) is 2. The number of carbonyl (C=O) groups is 1. The molecule has 152 valence electrons. The van der Waals surface area contributed by atoms with Crippen molar-refractivity contribution >= 4 is 16.8 Å². The number of amides is 1. The van der Waals surface area contributed by atoms with E-state index in [1.165, 1.54) is 6.07 Å².